The summed E-state index contributed by atoms with van der Waals surface area (Å²) in [6.07, 6.45) is 3.96. The van der Waals surface area contributed by atoms with Crippen molar-refractivity contribution in [1.82, 2.24) is 9.80 Å². The molecule has 0 saturated carbocycles. The summed E-state index contributed by atoms with van der Waals surface area (Å²) in [5.74, 6) is 0.486. The molecule has 2 saturated heterocycles. The first kappa shape index (κ1) is 10.9. The Balaban J connectivity index is 1.93. The van der Waals surface area contributed by atoms with Crippen LogP contribution in [0.5, 0.6) is 0 Å². The summed E-state index contributed by atoms with van der Waals surface area (Å²) in [6.45, 7) is 8.23. The zero-order valence-corrected chi connectivity index (χ0v) is 9.91. The molecule has 2 fully saturated rings. The first-order chi connectivity index (χ1) is 7.18. The lowest BCUT2D eigenvalue weighted by atomic mass is 9.99. The molecule has 2 rings (SSSR count). The number of carbonyl (C=O) groups excluding carboxylic acids is 1. The Hall–Kier alpha value is -0.570. The van der Waals surface area contributed by atoms with Crippen molar-refractivity contribution in [3.63, 3.8) is 0 Å². The van der Waals surface area contributed by atoms with Crippen LogP contribution in [0.4, 0.5) is 0 Å². The quantitative estimate of drug-likeness (QED) is 0.652. The van der Waals surface area contributed by atoms with Gasteiger partial charge < -0.3 is 4.90 Å². The summed E-state index contributed by atoms with van der Waals surface area (Å²) in [5, 5.41) is 0. The number of hydrogen-bond acceptors (Lipinski definition) is 2. The van der Waals surface area contributed by atoms with E-state index in [-0.39, 0.29) is 5.92 Å². The summed E-state index contributed by atoms with van der Waals surface area (Å²) in [4.78, 5) is 16.5. The number of fused-ring (bicyclic) bond motifs is 1. The van der Waals surface area contributed by atoms with Gasteiger partial charge in [0.15, 0.2) is 0 Å². The molecule has 0 bridgehead atoms. The van der Waals surface area contributed by atoms with Gasteiger partial charge in [0.05, 0.1) is 0 Å². The average molecular weight is 210 g/mol. The Morgan fingerprint density at radius 3 is 2.73 bits per heavy atom. The third-order valence-corrected chi connectivity index (χ3v) is 3.64. The number of piperidine rings is 1. The van der Waals surface area contributed by atoms with Gasteiger partial charge in [-0.1, -0.05) is 20.3 Å². The zero-order chi connectivity index (χ0) is 10.8. The van der Waals surface area contributed by atoms with E-state index in [1.54, 1.807) is 0 Å². The van der Waals surface area contributed by atoms with Crippen molar-refractivity contribution < 1.29 is 4.79 Å². The Morgan fingerprint density at radius 2 is 2.00 bits per heavy atom. The van der Waals surface area contributed by atoms with E-state index in [1.165, 1.54) is 25.8 Å². The molecule has 15 heavy (non-hydrogen) atoms. The molecule has 86 valence electrons. The fraction of sp³-hybridized carbons (Fsp3) is 0.917. The van der Waals surface area contributed by atoms with Crippen LogP contribution in [0.25, 0.3) is 0 Å². The summed E-state index contributed by atoms with van der Waals surface area (Å²) in [5.41, 5.74) is 0. The van der Waals surface area contributed by atoms with Crippen LogP contribution in [0.2, 0.25) is 0 Å². The number of hydrogen-bond donors (Lipinski definition) is 0. The van der Waals surface area contributed by atoms with Gasteiger partial charge in [-0.05, 0) is 19.4 Å². The maximum Gasteiger partial charge on any atom is 0.225 e. The molecule has 1 atom stereocenters. The highest BCUT2D eigenvalue weighted by molar-refractivity contribution is 5.78. The smallest absolute Gasteiger partial charge is 0.225 e. The lowest BCUT2D eigenvalue weighted by Gasteiger charge is -2.44. The molecule has 0 N–H and O–H groups in total. The molecule has 2 aliphatic rings. The second-order valence-electron chi connectivity index (χ2n) is 5.12. The van der Waals surface area contributed by atoms with E-state index < -0.39 is 0 Å². The number of amides is 1. The van der Waals surface area contributed by atoms with E-state index in [2.05, 4.69) is 9.80 Å². The molecule has 0 spiro atoms. The highest BCUT2D eigenvalue weighted by atomic mass is 16.2. The zero-order valence-electron chi connectivity index (χ0n) is 9.91. The first-order valence-corrected chi connectivity index (χ1v) is 6.21. The monoisotopic (exact) mass is 210 g/mol. The second kappa shape index (κ2) is 4.52. The number of piperazine rings is 1. The Labute approximate surface area is 92.4 Å². The Kier molecular flexibility index (Phi) is 3.29. The molecule has 3 heteroatoms. The van der Waals surface area contributed by atoms with Gasteiger partial charge in [-0.2, -0.15) is 0 Å². The second-order valence-corrected chi connectivity index (χ2v) is 5.12. The van der Waals surface area contributed by atoms with Gasteiger partial charge in [-0.15, -0.1) is 0 Å². The van der Waals surface area contributed by atoms with E-state index >= 15 is 0 Å². The molecule has 0 aliphatic carbocycles. The third kappa shape index (κ3) is 2.33. The van der Waals surface area contributed by atoms with Crippen LogP contribution in [0.3, 0.4) is 0 Å². The largest absolute Gasteiger partial charge is 0.340 e. The standard InChI is InChI=1S/C12H22N2O/c1-10(2)12(15)14-8-7-13-6-4-3-5-11(13)9-14/h10-11H,3-9H2,1-2H3. The predicted octanol–water partition coefficient (Wildman–Crippen LogP) is 1.34. The summed E-state index contributed by atoms with van der Waals surface area (Å²) in [7, 11) is 0. The van der Waals surface area contributed by atoms with Crippen molar-refractivity contribution in [2.24, 2.45) is 5.92 Å². The molecule has 2 heterocycles. The normalized spacial score (nSPS) is 27.9. The van der Waals surface area contributed by atoms with E-state index in [4.69, 9.17) is 0 Å². The highest BCUT2D eigenvalue weighted by Gasteiger charge is 2.31. The topological polar surface area (TPSA) is 23.6 Å². The highest BCUT2D eigenvalue weighted by Crippen LogP contribution is 2.21. The van der Waals surface area contributed by atoms with Gasteiger partial charge >= 0.3 is 0 Å². The molecule has 0 radical (unpaired) electrons. The van der Waals surface area contributed by atoms with Gasteiger partial charge in [0.25, 0.3) is 0 Å². The van der Waals surface area contributed by atoms with Gasteiger partial charge in [-0.3, -0.25) is 9.69 Å². The summed E-state index contributed by atoms with van der Waals surface area (Å²) in [6, 6.07) is 0.648. The van der Waals surface area contributed by atoms with Crippen LogP contribution in [-0.2, 0) is 4.79 Å². The molecular weight excluding hydrogens is 188 g/mol. The molecule has 2 aliphatic heterocycles. The van der Waals surface area contributed by atoms with Crippen molar-refractivity contribution in [3.8, 4) is 0 Å². The SMILES string of the molecule is CC(C)C(=O)N1CCN2CCCCC2C1. The van der Waals surface area contributed by atoms with Crippen LogP contribution in [0, 0.1) is 5.92 Å². The summed E-state index contributed by atoms with van der Waals surface area (Å²) < 4.78 is 0. The van der Waals surface area contributed by atoms with Crippen LogP contribution in [0.1, 0.15) is 33.1 Å². The molecular formula is C12H22N2O. The molecule has 3 nitrogen and oxygen atoms in total. The van der Waals surface area contributed by atoms with Gasteiger partial charge in [0, 0.05) is 31.6 Å². The van der Waals surface area contributed by atoms with E-state index in [0.717, 1.165) is 19.6 Å². The van der Waals surface area contributed by atoms with Crippen molar-refractivity contribution >= 4 is 5.91 Å². The van der Waals surface area contributed by atoms with Gasteiger partial charge in [0.2, 0.25) is 5.91 Å². The Bertz CT molecular complexity index is 240. The van der Waals surface area contributed by atoms with Crippen molar-refractivity contribution in [3.05, 3.63) is 0 Å². The maximum absolute atomic E-state index is 11.9. The van der Waals surface area contributed by atoms with Crippen molar-refractivity contribution in [2.45, 2.75) is 39.2 Å². The van der Waals surface area contributed by atoms with Crippen LogP contribution in [-0.4, -0.2) is 47.9 Å². The minimum absolute atomic E-state index is 0.153. The fourth-order valence-electron chi connectivity index (χ4n) is 2.72. The van der Waals surface area contributed by atoms with Crippen molar-refractivity contribution in [2.75, 3.05) is 26.2 Å². The van der Waals surface area contributed by atoms with Gasteiger partial charge in [0.1, 0.15) is 0 Å². The van der Waals surface area contributed by atoms with Crippen LogP contribution >= 0.6 is 0 Å². The lowest BCUT2D eigenvalue weighted by Crippen LogP contribution is -2.56. The fourth-order valence-corrected chi connectivity index (χ4v) is 2.72. The van der Waals surface area contributed by atoms with E-state index in [1.807, 2.05) is 13.8 Å². The molecule has 0 aromatic carbocycles. The van der Waals surface area contributed by atoms with E-state index in [0.29, 0.717) is 11.9 Å². The number of rotatable bonds is 1. The average Bonchev–Trinajstić information content (AvgIpc) is 2.27. The third-order valence-electron chi connectivity index (χ3n) is 3.64. The Morgan fingerprint density at radius 1 is 1.20 bits per heavy atom. The lowest BCUT2D eigenvalue weighted by molar-refractivity contribution is -0.138. The summed E-state index contributed by atoms with van der Waals surface area (Å²) >= 11 is 0. The van der Waals surface area contributed by atoms with Crippen LogP contribution in [0.15, 0.2) is 0 Å². The van der Waals surface area contributed by atoms with E-state index in [9.17, 15) is 4.79 Å². The number of nitrogens with zero attached hydrogens (tertiary/aromatic N) is 2. The maximum atomic E-state index is 11.9. The number of carbonyl (C=O) groups is 1. The minimum Gasteiger partial charge on any atom is -0.340 e. The first-order valence-electron chi connectivity index (χ1n) is 6.21. The van der Waals surface area contributed by atoms with Gasteiger partial charge in [-0.25, -0.2) is 0 Å². The molecule has 0 aromatic heterocycles. The minimum atomic E-state index is 0.153. The molecule has 1 unspecified atom stereocenters. The van der Waals surface area contributed by atoms with Crippen molar-refractivity contribution in [1.29, 1.82) is 0 Å². The molecule has 0 aromatic rings. The predicted molar refractivity (Wildman–Crippen MR) is 60.6 cm³/mol. The van der Waals surface area contributed by atoms with Crippen LogP contribution < -0.4 is 0 Å². The molecule has 1 amide bonds.